The largest absolute Gasteiger partial charge is 0.368 e. The fourth-order valence-corrected chi connectivity index (χ4v) is 4.57. The number of carbonyl (C=O) groups is 3. The number of unbranched alkanes of at least 4 members (excludes halogenated alkanes) is 2. The molecule has 2 atom stereocenters. The summed E-state index contributed by atoms with van der Waals surface area (Å²) in [6.07, 6.45) is 6.93. The number of aromatic nitrogens is 2. The van der Waals surface area contributed by atoms with Crippen LogP contribution in [0.5, 0.6) is 0 Å². The zero-order chi connectivity index (χ0) is 26.2. The second kappa shape index (κ2) is 12.2. The molecule has 0 radical (unpaired) electrons. The number of hydrogen-bond acceptors (Lipinski definition) is 4. The molecule has 0 aliphatic carbocycles. The van der Waals surface area contributed by atoms with Crippen molar-refractivity contribution in [3.63, 3.8) is 0 Å². The Bertz CT molecular complexity index is 1370. The van der Waals surface area contributed by atoms with Crippen molar-refractivity contribution in [1.29, 1.82) is 0 Å². The zero-order valence-electron chi connectivity index (χ0n) is 20.8. The normalized spacial score (nSPS) is 12.9. The second-order valence-corrected chi connectivity index (χ2v) is 9.36. The molecule has 2 aromatic carbocycles. The molecule has 0 aliphatic heterocycles. The fraction of sp³-hybridized carbons (Fsp3) is 0.321. The highest BCUT2D eigenvalue weighted by Gasteiger charge is 2.20. The van der Waals surface area contributed by atoms with Gasteiger partial charge in [0, 0.05) is 53.6 Å². The van der Waals surface area contributed by atoms with Crippen molar-refractivity contribution in [2.45, 2.75) is 50.6 Å². The maximum Gasteiger partial charge on any atom is 0.240 e. The summed E-state index contributed by atoms with van der Waals surface area (Å²) in [5.74, 6) is -0.969. The van der Waals surface area contributed by atoms with Crippen LogP contribution in [0.4, 0.5) is 0 Å². The Morgan fingerprint density at radius 3 is 2.03 bits per heavy atom. The predicted octanol–water partition coefficient (Wildman–Crippen LogP) is 2.41. The number of amides is 3. The van der Waals surface area contributed by atoms with Gasteiger partial charge in [-0.1, -0.05) is 42.8 Å². The lowest BCUT2D eigenvalue weighted by molar-refractivity contribution is -0.127. The van der Waals surface area contributed by atoms with E-state index in [-0.39, 0.29) is 18.2 Å². The second-order valence-electron chi connectivity index (χ2n) is 9.36. The van der Waals surface area contributed by atoms with Crippen LogP contribution in [0.25, 0.3) is 21.8 Å². The van der Waals surface area contributed by atoms with Gasteiger partial charge in [0.2, 0.25) is 17.7 Å². The number of nitrogens with two attached hydrogens (primary N) is 2. The molecule has 37 heavy (non-hydrogen) atoms. The molecule has 9 heteroatoms. The number of nitrogens with one attached hydrogen (secondary N) is 4. The number of rotatable bonds is 13. The molecule has 4 rings (SSSR count). The standard InChI is InChI=1S/C28H34N6O3/c29-22(14-18-16-32-23-10-5-3-8-20(18)23)28(37)31-13-7-1-2-12-26(35)34-25(27(30)36)15-19-17-33-24-11-6-4-9-21(19)24/h3-6,8-11,16-17,22,25,32-33H,1-2,7,12-15,29H2,(H2,30,36)(H,31,37)(H,34,35)/t22-,25+/m0/s1. The van der Waals surface area contributed by atoms with Crippen LogP contribution in [0.15, 0.2) is 60.9 Å². The van der Waals surface area contributed by atoms with E-state index in [0.717, 1.165) is 45.8 Å². The minimum absolute atomic E-state index is 0.190. The summed E-state index contributed by atoms with van der Waals surface area (Å²) in [6.45, 7) is 0.493. The van der Waals surface area contributed by atoms with Gasteiger partial charge in [-0.15, -0.1) is 0 Å². The van der Waals surface area contributed by atoms with E-state index in [2.05, 4.69) is 20.6 Å². The first-order chi connectivity index (χ1) is 17.9. The van der Waals surface area contributed by atoms with E-state index in [0.29, 0.717) is 25.8 Å². The van der Waals surface area contributed by atoms with E-state index in [4.69, 9.17) is 11.5 Å². The van der Waals surface area contributed by atoms with Gasteiger partial charge < -0.3 is 32.1 Å². The fourth-order valence-electron chi connectivity index (χ4n) is 4.57. The molecule has 0 saturated heterocycles. The first-order valence-electron chi connectivity index (χ1n) is 12.6. The Balaban J connectivity index is 1.13. The maximum absolute atomic E-state index is 12.4. The van der Waals surface area contributed by atoms with E-state index in [1.165, 1.54) is 0 Å². The quantitative estimate of drug-likeness (QED) is 0.155. The molecule has 194 valence electrons. The first kappa shape index (κ1) is 26.0. The Hall–Kier alpha value is -4.11. The molecule has 9 nitrogen and oxygen atoms in total. The lowest BCUT2D eigenvalue weighted by atomic mass is 10.0. The highest BCUT2D eigenvalue weighted by molar-refractivity contribution is 5.89. The third kappa shape index (κ3) is 6.77. The van der Waals surface area contributed by atoms with Crippen molar-refractivity contribution in [3.8, 4) is 0 Å². The van der Waals surface area contributed by atoms with Crippen molar-refractivity contribution in [2.24, 2.45) is 11.5 Å². The van der Waals surface area contributed by atoms with Crippen LogP contribution in [0.3, 0.4) is 0 Å². The molecule has 0 fully saturated rings. The van der Waals surface area contributed by atoms with Gasteiger partial charge in [0.05, 0.1) is 6.04 Å². The van der Waals surface area contributed by atoms with Gasteiger partial charge in [-0.3, -0.25) is 14.4 Å². The van der Waals surface area contributed by atoms with Gasteiger partial charge in [-0.05, 0) is 42.5 Å². The molecule has 2 aromatic heterocycles. The summed E-state index contributed by atoms with van der Waals surface area (Å²) in [4.78, 5) is 43.1. The Morgan fingerprint density at radius 1 is 0.811 bits per heavy atom. The number of primary amides is 1. The van der Waals surface area contributed by atoms with Crippen molar-refractivity contribution in [2.75, 3.05) is 6.54 Å². The van der Waals surface area contributed by atoms with Crippen molar-refractivity contribution in [3.05, 3.63) is 72.1 Å². The van der Waals surface area contributed by atoms with E-state index >= 15 is 0 Å². The molecule has 0 aliphatic rings. The van der Waals surface area contributed by atoms with E-state index in [1.807, 2.05) is 60.9 Å². The van der Waals surface area contributed by atoms with Crippen molar-refractivity contribution >= 4 is 39.5 Å². The highest BCUT2D eigenvalue weighted by Crippen LogP contribution is 2.20. The number of H-pyrrole nitrogens is 2. The third-order valence-electron chi connectivity index (χ3n) is 6.61. The molecular formula is C28H34N6O3. The lowest BCUT2D eigenvalue weighted by Crippen LogP contribution is -2.45. The monoisotopic (exact) mass is 502 g/mol. The van der Waals surface area contributed by atoms with E-state index in [1.54, 1.807) is 0 Å². The molecule has 3 amide bonds. The van der Waals surface area contributed by atoms with Crippen LogP contribution in [0.1, 0.15) is 36.8 Å². The number of fused-ring (bicyclic) bond motifs is 2. The van der Waals surface area contributed by atoms with Crippen molar-refractivity contribution in [1.82, 2.24) is 20.6 Å². The van der Waals surface area contributed by atoms with E-state index < -0.39 is 18.0 Å². The van der Waals surface area contributed by atoms with Gasteiger partial charge in [0.15, 0.2) is 0 Å². The summed E-state index contributed by atoms with van der Waals surface area (Å²) >= 11 is 0. The van der Waals surface area contributed by atoms with Gasteiger partial charge in [-0.25, -0.2) is 0 Å². The molecule has 2 heterocycles. The number of hydrogen-bond donors (Lipinski definition) is 6. The number of para-hydroxylation sites is 2. The van der Waals surface area contributed by atoms with Gasteiger partial charge in [0.1, 0.15) is 6.04 Å². The van der Waals surface area contributed by atoms with Crippen molar-refractivity contribution < 1.29 is 14.4 Å². The average Bonchev–Trinajstić information content (AvgIpc) is 3.49. The van der Waals surface area contributed by atoms with Crippen LogP contribution in [0, 0.1) is 0 Å². The third-order valence-corrected chi connectivity index (χ3v) is 6.61. The number of benzene rings is 2. The van der Waals surface area contributed by atoms with Gasteiger partial charge >= 0.3 is 0 Å². The molecule has 8 N–H and O–H groups in total. The summed E-state index contributed by atoms with van der Waals surface area (Å²) in [5, 5.41) is 7.72. The SMILES string of the molecule is NC(=O)[C@@H](Cc1c[nH]c2ccccc12)NC(=O)CCCCCNC(=O)[C@@H](N)Cc1c[nH]c2ccccc12. The van der Waals surface area contributed by atoms with Gasteiger partial charge in [-0.2, -0.15) is 0 Å². The Labute approximate surface area is 215 Å². The minimum atomic E-state index is -0.773. The summed E-state index contributed by atoms with van der Waals surface area (Å²) in [5.41, 5.74) is 15.6. The Morgan fingerprint density at radius 2 is 1.41 bits per heavy atom. The highest BCUT2D eigenvalue weighted by atomic mass is 16.2. The predicted molar refractivity (Wildman–Crippen MR) is 145 cm³/mol. The average molecular weight is 503 g/mol. The van der Waals surface area contributed by atoms with Crippen LogP contribution in [-0.2, 0) is 27.2 Å². The van der Waals surface area contributed by atoms with Crippen LogP contribution < -0.4 is 22.1 Å². The molecule has 0 saturated carbocycles. The number of carbonyl (C=O) groups excluding carboxylic acids is 3. The summed E-state index contributed by atoms with van der Waals surface area (Å²) < 4.78 is 0. The molecular weight excluding hydrogens is 468 g/mol. The molecule has 0 bridgehead atoms. The molecule has 4 aromatic rings. The lowest BCUT2D eigenvalue weighted by Gasteiger charge is -2.15. The summed E-state index contributed by atoms with van der Waals surface area (Å²) in [6, 6.07) is 14.3. The van der Waals surface area contributed by atoms with Gasteiger partial charge in [0.25, 0.3) is 0 Å². The summed E-state index contributed by atoms with van der Waals surface area (Å²) in [7, 11) is 0. The number of aromatic amines is 2. The maximum atomic E-state index is 12.4. The minimum Gasteiger partial charge on any atom is -0.368 e. The van der Waals surface area contributed by atoms with Crippen LogP contribution in [-0.4, -0.2) is 46.3 Å². The molecule has 0 spiro atoms. The molecule has 0 unspecified atom stereocenters. The zero-order valence-corrected chi connectivity index (χ0v) is 20.8. The van der Waals surface area contributed by atoms with Crippen LogP contribution in [0.2, 0.25) is 0 Å². The van der Waals surface area contributed by atoms with Crippen LogP contribution >= 0.6 is 0 Å². The van der Waals surface area contributed by atoms with E-state index in [9.17, 15) is 14.4 Å². The Kier molecular flexibility index (Phi) is 8.58. The topological polar surface area (TPSA) is 159 Å². The smallest absolute Gasteiger partial charge is 0.240 e. The first-order valence-corrected chi connectivity index (χ1v) is 12.6.